The zero-order chi connectivity index (χ0) is 13.6. The first-order chi connectivity index (χ1) is 8.46. The molecule has 18 heavy (non-hydrogen) atoms. The maximum atomic E-state index is 9.77. The third kappa shape index (κ3) is 5.35. The van der Waals surface area contributed by atoms with Crippen LogP contribution in [-0.4, -0.2) is 43.1 Å². The van der Waals surface area contributed by atoms with Gasteiger partial charge in [0.05, 0.1) is 25.1 Å². The molecule has 1 N–H and O–H groups in total. The van der Waals surface area contributed by atoms with Crippen molar-refractivity contribution >= 4 is 0 Å². The Morgan fingerprint density at radius 3 is 2.72 bits per heavy atom. The van der Waals surface area contributed by atoms with Crippen LogP contribution in [-0.2, 0) is 18.9 Å². The quantitative estimate of drug-likeness (QED) is 0.583. The average molecular weight is 260 g/mol. The normalized spacial score (nSPS) is 29.7. The van der Waals surface area contributed by atoms with Gasteiger partial charge in [-0.15, -0.1) is 0 Å². The Bertz CT molecular complexity index is 264. The summed E-state index contributed by atoms with van der Waals surface area (Å²) in [5, 5.41) is 9.77. The highest BCUT2D eigenvalue weighted by molar-refractivity contribution is 4.76. The fraction of sp³-hybridized carbons (Fsp3) is 0.846. The fourth-order valence-electron chi connectivity index (χ4n) is 1.66. The molecule has 106 valence electrons. The molecule has 3 unspecified atom stereocenters. The van der Waals surface area contributed by atoms with E-state index >= 15 is 0 Å². The van der Waals surface area contributed by atoms with Crippen LogP contribution in [0.5, 0.6) is 0 Å². The van der Waals surface area contributed by atoms with Crippen molar-refractivity contribution in [2.75, 3.05) is 13.7 Å². The summed E-state index contributed by atoms with van der Waals surface area (Å²) < 4.78 is 21.8. The number of allylic oxidation sites excluding steroid dienone is 1. The maximum Gasteiger partial charge on any atom is 0.201 e. The van der Waals surface area contributed by atoms with E-state index in [4.69, 9.17) is 18.9 Å². The van der Waals surface area contributed by atoms with Crippen LogP contribution >= 0.6 is 0 Å². The lowest BCUT2D eigenvalue weighted by Gasteiger charge is -2.34. The molecule has 0 aromatic heterocycles. The molecule has 0 spiro atoms. The lowest BCUT2D eigenvalue weighted by Crippen LogP contribution is -2.41. The van der Waals surface area contributed by atoms with Crippen molar-refractivity contribution in [3.63, 3.8) is 0 Å². The van der Waals surface area contributed by atoms with Crippen LogP contribution in [0.2, 0.25) is 0 Å². The van der Waals surface area contributed by atoms with Crippen molar-refractivity contribution in [1.82, 2.24) is 0 Å². The molecule has 0 aromatic rings. The van der Waals surface area contributed by atoms with E-state index in [1.54, 1.807) is 19.4 Å². The van der Waals surface area contributed by atoms with E-state index in [1.165, 1.54) is 0 Å². The molecule has 1 aliphatic heterocycles. The Morgan fingerprint density at radius 1 is 1.39 bits per heavy atom. The summed E-state index contributed by atoms with van der Waals surface area (Å²) in [5.41, 5.74) is 0. The molecule has 5 nitrogen and oxygen atoms in total. The molecule has 1 heterocycles. The molecule has 0 saturated carbocycles. The highest BCUT2D eigenvalue weighted by Crippen LogP contribution is 2.22. The zero-order valence-electron chi connectivity index (χ0n) is 11.6. The van der Waals surface area contributed by atoms with Gasteiger partial charge in [-0.3, -0.25) is 0 Å². The highest BCUT2D eigenvalue weighted by Gasteiger charge is 2.30. The SMILES string of the molecule is C/C=C/OC1CC(O)CC(COC(C)(C)OC)O1. The predicted octanol–water partition coefficient (Wildman–Crippen LogP) is 1.80. The molecule has 3 atom stereocenters. The second-order valence-electron chi connectivity index (χ2n) is 4.83. The van der Waals surface area contributed by atoms with Gasteiger partial charge in [-0.25, -0.2) is 0 Å². The van der Waals surface area contributed by atoms with Crippen molar-refractivity contribution in [3.8, 4) is 0 Å². The number of ether oxygens (including phenoxy) is 4. The van der Waals surface area contributed by atoms with E-state index < -0.39 is 18.2 Å². The molecule has 1 saturated heterocycles. The van der Waals surface area contributed by atoms with E-state index in [0.29, 0.717) is 19.4 Å². The van der Waals surface area contributed by atoms with Crippen LogP contribution in [0.3, 0.4) is 0 Å². The largest absolute Gasteiger partial charge is 0.473 e. The number of aliphatic hydroxyl groups excluding tert-OH is 1. The summed E-state index contributed by atoms with van der Waals surface area (Å²) in [5.74, 6) is -0.647. The average Bonchev–Trinajstić information content (AvgIpc) is 2.33. The van der Waals surface area contributed by atoms with E-state index in [-0.39, 0.29) is 6.10 Å². The Labute approximate surface area is 109 Å². The Hall–Kier alpha value is -0.620. The fourth-order valence-corrected chi connectivity index (χ4v) is 1.66. The minimum absolute atomic E-state index is 0.182. The molecule has 0 amide bonds. The molecular weight excluding hydrogens is 236 g/mol. The Morgan fingerprint density at radius 2 is 2.11 bits per heavy atom. The van der Waals surface area contributed by atoms with E-state index in [0.717, 1.165) is 0 Å². The molecule has 0 radical (unpaired) electrons. The molecule has 0 bridgehead atoms. The topological polar surface area (TPSA) is 57.2 Å². The highest BCUT2D eigenvalue weighted by atomic mass is 16.7. The van der Waals surface area contributed by atoms with Crippen LogP contribution in [0.15, 0.2) is 12.3 Å². The van der Waals surface area contributed by atoms with Crippen LogP contribution in [0.1, 0.15) is 33.6 Å². The van der Waals surface area contributed by atoms with Gasteiger partial charge in [0.15, 0.2) is 5.79 Å². The first-order valence-electron chi connectivity index (χ1n) is 6.26. The monoisotopic (exact) mass is 260 g/mol. The lowest BCUT2D eigenvalue weighted by molar-refractivity contribution is -0.247. The lowest BCUT2D eigenvalue weighted by atomic mass is 10.1. The van der Waals surface area contributed by atoms with Crippen molar-refractivity contribution in [1.29, 1.82) is 0 Å². The minimum Gasteiger partial charge on any atom is -0.473 e. The van der Waals surface area contributed by atoms with Crippen molar-refractivity contribution < 1.29 is 24.1 Å². The van der Waals surface area contributed by atoms with E-state index in [9.17, 15) is 5.11 Å². The third-order valence-corrected chi connectivity index (χ3v) is 2.82. The van der Waals surface area contributed by atoms with E-state index in [1.807, 2.05) is 20.8 Å². The second kappa shape index (κ2) is 7.09. The first kappa shape index (κ1) is 15.4. The third-order valence-electron chi connectivity index (χ3n) is 2.82. The Kier molecular flexibility index (Phi) is 6.08. The molecular formula is C13H24O5. The molecule has 1 aliphatic rings. The van der Waals surface area contributed by atoms with Crippen molar-refractivity contribution in [2.45, 2.75) is 57.9 Å². The van der Waals surface area contributed by atoms with Gasteiger partial charge in [-0.1, -0.05) is 6.08 Å². The van der Waals surface area contributed by atoms with Crippen molar-refractivity contribution in [3.05, 3.63) is 12.3 Å². The smallest absolute Gasteiger partial charge is 0.201 e. The summed E-state index contributed by atoms with van der Waals surface area (Å²) in [7, 11) is 1.59. The van der Waals surface area contributed by atoms with Gasteiger partial charge in [0.25, 0.3) is 0 Å². The maximum absolute atomic E-state index is 9.77. The molecule has 5 heteroatoms. The molecule has 1 rings (SSSR count). The summed E-state index contributed by atoms with van der Waals surface area (Å²) in [6, 6.07) is 0. The van der Waals surface area contributed by atoms with Crippen LogP contribution in [0.4, 0.5) is 0 Å². The number of aliphatic hydroxyl groups is 1. The summed E-state index contributed by atoms with van der Waals surface area (Å²) in [4.78, 5) is 0. The zero-order valence-corrected chi connectivity index (χ0v) is 11.6. The van der Waals surface area contributed by atoms with Crippen molar-refractivity contribution in [2.24, 2.45) is 0 Å². The number of hydrogen-bond acceptors (Lipinski definition) is 5. The second-order valence-corrected chi connectivity index (χ2v) is 4.83. The van der Waals surface area contributed by atoms with Gasteiger partial charge in [-0.05, 0) is 20.8 Å². The summed E-state index contributed by atoms with van der Waals surface area (Å²) in [6.45, 7) is 5.90. The van der Waals surface area contributed by atoms with Gasteiger partial charge in [0, 0.05) is 20.0 Å². The first-order valence-corrected chi connectivity index (χ1v) is 6.26. The van der Waals surface area contributed by atoms with Gasteiger partial charge in [-0.2, -0.15) is 0 Å². The van der Waals surface area contributed by atoms with Gasteiger partial charge in [0.2, 0.25) is 6.29 Å². The number of rotatable bonds is 6. The van der Waals surface area contributed by atoms with Gasteiger partial charge < -0.3 is 24.1 Å². The Balaban J connectivity index is 2.40. The molecule has 0 aromatic carbocycles. The molecule has 1 fully saturated rings. The standard InChI is InChI=1S/C13H24O5/c1-5-6-16-12-8-10(14)7-11(18-12)9-17-13(2,3)15-4/h5-6,10-12,14H,7-9H2,1-4H3/b6-5+. The number of methoxy groups -OCH3 is 1. The minimum atomic E-state index is -0.647. The van der Waals surface area contributed by atoms with E-state index in [2.05, 4.69) is 0 Å². The molecule has 0 aliphatic carbocycles. The number of hydrogen-bond donors (Lipinski definition) is 1. The predicted molar refractivity (Wildman–Crippen MR) is 66.8 cm³/mol. The van der Waals surface area contributed by atoms with Gasteiger partial charge >= 0.3 is 0 Å². The van der Waals surface area contributed by atoms with Crippen LogP contribution in [0, 0.1) is 0 Å². The summed E-state index contributed by atoms with van der Waals surface area (Å²) >= 11 is 0. The van der Waals surface area contributed by atoms with Gasteiger partial charge in [0.1, 0.15) is 0 Å². The summed E-state index contributed by atoms with van der Waals surface area (Å²) in [6.07, 6.45) is 3.36. The van der Waals surface area contributed by atoms with Crippen LogP contribution in [0.25, 0.3) is 0 Å². The van der Waals surface area contributed by atoms with Crippen LogP contribution < -0.4 is 0 Å².